The van der Waals surface area contributed by atoms with Gasteiger partial charge in [0.1, 0.15) is 0 Å². The molecule has 6 nitrogen and oxygen atoms in total. The van der Waals surface area contributed by atoms with Crippen molar-refractivity contribution in [1.29, 1.82) is 0 Å². The van der Waals surface area contributed by atoms with Crippen molar-refractivity contribution in [2.75, 3.05) is 24.2 Å². The molecule has 2 heterocycles. The van der Waals surface area contributed by atoms with E-state index >= 15 is 0 Å². The number of likely N-dealkylation sites (tertiary alicyclic amines) is 1. The number of amides is 1. The highest BCUT2D eigenvalue weighted by Crippen LogP contribution is 2.22. The number of hydrogen-bond acceptors (Lipinski definition) is 6. The highest BCUT2D eigenvalue weighted by molar-refractivity contribution is 7.99. The molecule has 1 N–H and O–H groups in total. The normalized spacial score (nSPS) is 17.3. The highest BCUT2D eigenvalue weighted by Gasteiger charge is 2.24. The molecule has 1 aromatic heterocycles. The van der Waals surface area contributed by atoms with Gasteiger partial charge in [-0.05, 0) is 36.5 Å². The van der Waals surface area contributed by atoms with Crippen LogP contribution in [0.3, 0.4) is 0 Å². The molecule has 2 aromatic rings. The number of aromatic nitrogens is 2. The van der Waals surface area contributed by atoms with Crippen LogP contribution in [0.25, 0.3) is 0 Å². The molecule has 1 amide bonds. The summed E-state index contributed by atoms with van der Waals surface area (Å²) in [5.74, 6) is 1.60. The molecular weight excluding hydrogens is 360 g/mol. The van der Waals surface area contributed by atoms with Gasteiger partial charge in [-0.15, -0.1) is 10.2 Å². The second kappa shape index (κ2) is 9.26. The van der Waals surface area contributed by atoms with Gasteiger partial charge in [0.05, 0.1) is 5.75 Å². The zero-order valence-electron chi connectivity index (χ0n) is 16.3. The summed E-state index contributed by atoms with van der Waals surface area (Å²) in [6.07, 6.45) is 2.80. The van der Waals surface area contributed by atoms with Crippen molar-refractivity contribution in [2.45, 2.75) is 57.2 Å². The smallest absolute Gasteiger partial charge is 0.277 e. The van der Waals surface area contributed by atoms with Crippen LogP contribution in [-0.4, -0.2) is 45.9 Å². The van der Waals surface area contributed by atoms with E-state index in [0.29, 0.717) is 29.2 Å². The van der Waals surface area contributed by atoms with E-state index in [2.05, 4.69) is 53.6 Å². The highest BCUT2D eigenvalue weighted by atomic mass is 32.2. The zero-order chi connectivity index (χ0) is 19.2. The van der Waals surface area contributed by atoms with E-state index in [1.165, 1.54) is 17.3 Å². The molecule has 0 unspecified atom stereocenters. The largest absolute Gasteiger partial charge is 0.416 e. The van der Waals surface area contributed by atoms with Crippen LogP contribution in [0.1, 0.15) is 51.0 Å². The Kier molecular flexibility index (Phi) is 6.77. The Hall–Kier alpha value is -2.02. The monoisotopic (exact) mass is 388 g/mol. The molecule has 3 rings (SSSR count). The minimum Gasteiger partial charge on any atom is -0.416 e. The van der Waals surface area contributed by atoms with Gasteiger partial charge in [0.25, 0.3) is 5.22 Å². The number of carbonyl (C=O) groups excluding carboxylic acids is 1. The Balaban J connectivity index is 1.49. The van der Waals surface area contributed by atoms with Crippen molar-refractivity contribution in [3.63, 3.8) is 0 Å². The predicted octanol–water partition coefficient (Wildman–Crippen LogP) is 3.95. The molecule has 1 saturated heterocycles. The number of thioether (sulfide) groups is 1. The number of benzene rings is 1. The predicted molar refractivity (Wildman–Crippen MR) is 108 cm³/mol. The number of nitrogens with one attached hydrogen (secondary N) is 1. The Morgan fingerprint density at radius 2 is 2.11 bits per heavy atom. The molecule has 0 spiro atoms. The first-order valence-electron chi connectivity index (χ1n) is 9.64. The molecule has 0 bridgehead atoms. The number of anilines is 1. The first kappa shape index (κ1) is 19.7. The SMILES string of the molecule is CCc1nnc(SCC(=O)N2CCC[C@@H](Nc3ccc(C(C)C)cc3)C2)o1. The molecule has 0 saturated carbocycles. The molecule has 1 aliphatic rings. The molecule has 1 aromatic carbocycles. The van der Waals surface area contributed by atoms with E-state index < -0.39 is 0 Å². The Labute approximate surface area is 165 Å². The van der Waals surface area contributed by atoms with E-state index in [1.54, 1.807) is 0 Å². The molecule has 1 atom stereocenters. The van der Waals surface area contributed by atoms with E-state index in [4.69, 9.17) is 4.42 Å². The van der Waals surface area contributed by atoms with Gasteiger partial charge in [-0.3, -0.25) is 4.79 Å². The zero-order valence-corrected chi connectivity index (χ0v) is 17.1. The van der Waals surface area contributed by atoms with Gasteiger partial charge in [0.15, 0.2) is 0 Å². The van der Waals surface area contributed by atoms with Crippen LogP contribution in [0.2, 0.25) is 0 Å². The summed E-state index contributed by atoms with van der Waals surface area (Å²) in [4.78, 5) is 14.5. The first-order valence-corrected chi connectivity index (χ1v) is 10.6. The standard InChI is InChI=1S/C20H28N4O2S/c1-4-18-22-23-20(26-18)27-13-19(25)24-11-5-6-17(12-24)21-16-9-7-15(8-10-16)14(2)3/h7-10,14,17,21H,4-6,11-13H2,1-3H3/t17-/m1/s1. The minimum atomic E-state index is 0.123. The van der Waals surface area contributed by atoms with E-state index in [1.807, 2.05) is 11.8 Å². The summed E-state index contributed by atoms with van der Waals surface area (Å²) in [5, 5.41) is 11.9. The summed E-state index contributed by atoms with van der Waals surface area (Å²) in [7, 11) is 0. The van der Waals surface area contributed by atoms with Gasteiger partial charge in [-0.25, -0.2) is 0 Å². The summed E-state index contributed by atoms with van der Waals surface area (Å²) >= 11 is 1.32. The van der Waals surface area contributed by atoms with Gasteiger partial charge in [-0.2, -0.15) is 0 Å². The summed E-state index contributed by atoms with van der Waals surface area (Å²) in [6.45, 7) is 7.90. The van der Waals surface area contributed by atoms with Crippen LogP contribution < -0.4 is 5.32 Å². The van der Waals surface area contributed by atoms with Gasteiger partial charge < -0.3 is 14.6 Å². The molecule has 27 heavy (non-hydrogen) atoms. The average Bonchev–Trinajstić information content (AvgIpc) is 3.15. The second-order valence-corrected chi connectivity index (χ2v) is 8.13. The summed E-state index contributed by atoms with van der Waals surface area (Å²) < 4.78 is 5.45. The second-order valence-electron chi connectivity index (χ2n) is 7.20. The van der Waals surface area contributed by atoms with Crippen molar-refractivity contribution >= 4 is 23.4 Å². The third-order valence-corrected chi connectivity index (χ3v) is 5.60. The van der Waals surface area contributed by atoms with Crippen LogP contribution in [0.15, 0.2) is 33.9 Å². The maximum atomic E-state index is 12.6. The van der Waals surface area contributed by atoms with Crippen molar-refractivity contribution in [3.8, 4) is 0 Å². The van der Waals surface area contributed by atoms with Gasteiger partial charge in [0, 0.05) is 31.2 Å². The van der Waals surface area contributed by atoms with Gasteiger partial charge >= 0.3 is 0 Å². The molecule has 7 heteroatoms. The molecule has 1 fully saturated rings. The molecule has 1 aliphatic heterocycles. The molecule has 146 valence electrons. The third-order valence-electron chi connectivity index (χ3n) is 4.79. The van der Waals surface area contributed by atoms with E-state index in [0.717, 1.165) is 31.6 Å². The lowest BCUT2D eigenvalue weighted by molar-refractivity contribution is -0.129. The van der Waals surface area contributed by atoms with Crippen LogP contribution in [0.4, 0.5) is 5.69 Å². The number of nitrogens with zero attached hydrogens (tertiary/aromatic N) is 3. The number of piperidine rings is 1. The fourth-order valence-electron chi connectivity index (χ4n) is 3.18. The van der Waals surface area contributed by atoms with Crippen LogP contribution in [0.5, 0.6) is 0 Å². The van der Waals surface area contributed by atoms with Gasteiger partial charge in [0.2, 0.25) is 11.8 Å². The van der Waals surface area contributed by atoms with E-state index in [-0.39, 0.29) is 11.9 Å². The fraction of sp³-hybridized carbons (Fsp3) is 0.550. The third kappa shape index (κ3) is 5.48. The first-order chi connectivity index (χ1) is 13.0. The maximum absolute atomic E-state index is 12.6. The number of hydrogen-bond donors (Lipinski definition) is 1. The molecular formula is C20H28N4O2S. The minimum absolute atomic E-state index is 0.123. The van der Waals surface area contributed by atoms with Crippen molar-refractivity contribution in [2.24, 2.45) is 0 Å². The Bertz CT molecular complexity index is 745. The van der Waals surface area contributed by atoms with Crippen molar-refractivity contribution in [3.05, 3.63) is 35.7 Å². The average molecular weight is 389 g/mol. The fourth-order valence-corrected chi connectivity index (χ4v) is 3.86. The Morgan fingerprint density at radius 1 is 1.33 bits per heavy atom. The summed E-state index contributed by atoms with van der Waals surface area (Å²) in [6, 6.07) is 8.89. The van der Waals surface area contributed by atoms with Crippen molar-refractivity contribution < 1.29 is 9.21 Å². The molecule has 0 aliphatic carbocycles. The Morgan fingerprint density at radius 3 is 2.78 bits per heavy atom. The quantitative estimate of drug-likeness (QED) is 0.724. The van der Waals surface area contributed by atoms with E-state index in [9.17, 15) is 4.79 Å². The maximum Gasteiger partial charge on any atom is 0.277 e. The summed E-state index contributed by atoms with van der Waals surface area (Å²) in [5.41, 5.74) is 2.45. The molecule has 0 radical (unpaired) electrons. The number of carbonyl (C=O) groups is 1. The lowest BCUT2D eigenvalue weighted by atomic mass is 10.0. The van der Waals surface area contributed by atoms with Crippen LogP contribution in [0, 0.1) is 0 Å². The number of aryl methyl sites for hydroxylation is 1. The lowest BCUT2D eigenvalue weighted by Crippen LogP contribution is -2.45. The lowest BCUT2D eigenvalue weighted by Gasteiger charge is -2.33. The van der Waals surface area contributed by atoms with Crippen LogP contribution >= 0.6 is 11.8 Å². The van der Waals surface area contributed by atoms with Gasteiger partial charge in [-0.1, -0.05) is 44.7 Å². The van der Waals surface area contributed by atoms with Crippen LogP contribution in [-0.2, 0) is 11.2 Å². The number of rotatable bonds is 7. The van der Waals surface area contributed by atoms with Crippen molar-refractivity contribution in [1.82, 2.24) is 15.1 Å². The topological polar surface area (TPSA) is 71.3 Å².